The van der Waals surface area contributed by atoms with Gasteiger partial charge in [0.15, 0.2) is 0 Å². The average molecular weight is 551 g/mol. The second-order valence-electron chi connectivity index (χ2n) is 10.1. The van der Waals surface area contributed by atoms with Crippen molar-refractivity contribution in [1.82, 2.24) is 15.0 Å². The average Bonchev–Trinajstić information content (AvgIpc) is 3.33. The van der Waals surface area contributed by atoms with Crippen molar-refractivity contribution in [1.29, 1.82) is 0 Å². The molecule has 3 heterocycles. The molecule has 2 aromatic heterocycles. The number of halogens is 4. The topological polar surface area (TPSA) is 97.4 Å². The Morgan fingerprint density at radius 1 is 1.21 bits per heavy atom. The van der Waals surface area contributed by atoms with E-state index in [-0.39, 0.29) is 35.7 Å². The van der Waals surface area contributed by atoms with Crippen molar-refractivity contribution in [2.45, 2.75) is 57.9 Å². The minimum atomic E-state index is -4.57. The fourth-order valence-corrected chi connectivity index (χ4v) is 5.66. The van der Waals surface area contributed by atoms with E-state index in [2.05, 4.69) is 20.3 Å². The van der Waals surface area contributed by atoms with Gasteiger partial charge in [-0.25, -0.2) is 9.97 Å². The summed E-state index contributed by atoms with van der Waals surface area (Å²) in [5.74, 6) is 0.594. The lowest BCUT2D eigenvalue weighted by Gasteiger charge is -2.40. The molecule has 1 aliphatic carbocycles. The van der Waals surface area contributed by atoms with E-state index in [0.29, 0.717) is 47.5 Å². The zero-order valence-corrected chi connectivity index (χ0v) is 21.7. The van der Waals surface area contributed by atoms with E-state index in [9.17, 15) is 23.1 Å². The number of rotatable bonds is 5. The number of nitrogens with one attached hydrogen (secondary N) is 2. The number of aromatic amines is 1. The summed E-state index contributed by atoms with van der Waals surface area (Å²) in [7, 11) is 0. The first-order valence-electron chi connectivity index (χ1n) is 12.8. The molecule has 1 aromatic carbocycles. The number of aliphatic hydroxyl groups excluding tert-OH is 1. The van der Waals surface area contributed by atoms with Crippen LogP contribution in [0.3, 0.4) is 0 Å². The largest absolute Gasteiger partial charge is 0.416 e. The highest BCUT2D eigenvalue weighted by molar-refractivity contribution is 6.33. The number of fused-ring (bicyclic) bond motifs is 1. The van der Waals surface area contributed by atoms with Crippen molar-refractivity contribution >= 4 is 46.0 Å². The van der Waals surface area contributed by atoms with Gasteiger partial charge in [0.05, 0.1) is 28.4 Å². The van der Waals surface area contributed by atoms with Gasteiger partial charge >= 0.3 is 6.18 Å². The number of carbonyl (C=O) groups excluding carboxylic acids is 1. The van der Waals surface area contributed by atoms with E-state index in [4.69, 9.17) is 11.6 Å². The van der Waals surface area contributed by atoms with Gasteiger partial charge in [0.25, 0.3) is 0 Å². The quantitative estimate of drug-likeness (QED) is 0.396. The van der Waals surface area contributed by atoms with Crippen LogP contribution in [0.2, 0.25) is 5.02 Å². The maximum atomic E-state index is 13.7. The molecule has 3 N–H and O–H groups in total. The van der Waals surface area contributed by atoms with E-state index < -0.39 is 11.7 Å². The monoisotopic (exact) mass is 550 g/mol. The van der Waals surface area contributed by atoms with Crippen molar-refractivity contribution in [3.05, 3.63) is 40.5 Å². The Kier molecular flexibility index (Phi) is 7.41. The molecule has 1 atom stereocenters. The second kappa shape index (κ2) is 10.6. The molecule has 38 heavy (non-hydrogen) atoms. The molecule has 1 amide bonds. The summed E-state index contributed by atoms with van der Waals surface area (Å²) >= 11 is 6.39. The molecule has 0 bridgehead atoms. The molecule has 2 fully saturated rings. The lowest BCUT2D eigenvalue weighted by molar-refractivity contribution is -0.137. The first-order chi connectivity index (χ1) is 18.1. The number of imidazole rings is 1. The van der Waals surface area contributed by atoms with Crippen LogP contribution in [0.1, 0.15) is 50.2 Å². The predicted octanol–water partition coefficient (Wildman–Crippen LogP) is 5.36. The Morgan fingerprint density at radius 3 is 2.63 bits per heavy atom. The van der Waals surface area contributed by atoms with Crippen molar-refractivity contribution in [2.24, 2.45) is 5.92 Å². The molecular formula is C26H30ClF3N6O2. The molecule has 1 saturated carbocycles. The van der Waals surface area contributed by atoms with E-state index in [1.807, 2.05) is 16.7 Å². The summed E-state index contributed by atoms with van der Waals surface area (Å²) in [6.45, 7) is 3.48. The minimum absolute atomic E-state index is 0.0675. The summed E-state index contributed by atoms with van der Waals surface area (Å²) in [6, 6.07) is 3.62. The highest BCUT2D eigenvalue weighted by atomic mass is 35.5. The number of aliphatic hydroxyl groups is 1. The van der Waals surface area contributed by atoms with Crippen molar-refractivity contribution in [2.75, 3.05) is 34.8 Å². The summed E-state index contributed by atoms with van der Waals surface area (Å²) in [4.78, 5) is 29.0. The number of carbonyl (C=O) groups is 1. The van der Waals surface area contributed by atoms with Gasteiger partial charge in [-0.15, -0.1) is 0 Å². The van der Waals surface area contributed by atoms with E-state index in [1.165, 1.54) is 0 Å². The number of hydrogen-bond acceptors (Lipinski definition) is 6. The third kappa shape index (κ3) is 5.40. The Bertz CT molecular complexity index is 1320. The molecule has 12 heteroatoms. The zero-order valence-electron chi connectivity index (χ0n) is 21.0. The summed E-state index contributed by atoms with van der Waals surface area (Å²) in [6.07, 6.45) is 1.45. The fourth-order valence-electron chi connectivity index (χ4n) is 5.35. The van der Waals surface area contributed by atoms with Crippen LogP contribution in [0.25, 0.3) is 11.0 Å². The molecule has 0 spiro atoms. The first-order valence-corrected chi connectivity index (χ1v) is 13.2. The Hall–Kier alpha value is -3.05. The molecule has 5 rings (SSSR count). The molecule has 204 valence electrons. The number of pyridine rings is 1. The highest BCUT2D eigenvalue weighted by Gasteiger charge is 2.34. The molecule has 1 saturated heterocycles. The van der Waals surface area contributed by atoms with Crippen LogP contribution >= 0.6 is 11.6 Å². The number of alkyl halides is 3. The highest BCUT2D eigenvalue weighted by Crippen LogP contribution is 2.37. The van der Waals surface area contributed by atoms with E-state index in [1.54, 1.807) is 12.3 Å². The van der Waals surface area contributed by atoms with Crippen molar-refractivity contribution < 1.29 is 23.1 Å². The van der Waals surface area contributed by atoms with Crippen LogP contribution in [0, 0.1) is 5.92 Å². The number of piperazine rings is 1. The number of H-pyrrole nitrogens is 1. The van der Waals surface area contributed by atoms with Gasteiger partial charge in [-0.1, -0.05) is 30.9 Å². The maximum Gasteiger partial charge on any atom is 0.416 e. The fraction of sp³-hybridized carbons (Fsp3) is 0.500. The number of benzene rings is 1. The number of nitrogens with zero attached hydrogens (tertiary/aromatic N) is 4. The predicted molar refractivity (Wildman–Crippen MR) is 140 cm³/mol. The van der Waals surface area contributed by atoms with Crippen molar-refractivity contribution in [3.63, 3.8) is 0 Å². The SMILES string of the molecule is CC1CN(c2ncc(CO)cc2Cl)CCN1c1nc2c(NC(=O)C3CCCCC3)cc(C(F)(F)F)cc2[nH]1. The minimum Gasteiger partial charge on any atom is -0.392 e. The zero-order chi connectivity index (χ0) is 27.0. The number of anilines is 3. The normalized spacial score (nSPS) is 19.3. The molecule has 1 unspecified atom stereocenters. The van der Waals surface area contributed by atoms with Gasteiger partial charge in [-0.2, -0.15) is 13.2 Å². The summed E-state index contributed by atoms with van der Waals surface area (Å²) in [5.41, 5.74) is 0.365. The lowest BCUT2D eigenvalue weighted by Crippen LogP contribution is -2.52. The van der Waals surface area contributed by atoms with Crippen LogP contribution in [-0.4, -0.2) is 51.6 Å². The number of hydrogen-bond donors (Lipinski definition) is 3. The number of amides is 1. The van der Waals surface area contributed by atoms with Gasteiger partial charge in [0.1, 0.15) is 11.3 Å². The van der Waals surface area contributed by atoms with Crippen LogP contribution < -0.4 is 15.1 Å². The summed E-state index contributed by atoms with van der Waals surface area (Å²) in [5, 5.41) is 12.5. The Morgan fingerprint density at radius 2 is 1.97 bits per heavy atom. The lowest BCUT2D eigenvalue weighted by atomic mass is 9.88. The van der Waals surface area contributed by atoms with Crippen LogP contribution in [0.15, 0.2) is 24.4 Å². The second-order valence-corrected chi connectivity index (χ2v) is 10.5. The number of aromatic nitrogens is 3. The molecule has 2 aliphatic rings. The Labute approximate surface area is 223 Å². The Balaban J connectivity index is 1.41. The maximum absolute atomic E-state index is 13.7. The first kappa shape index (κ1) is 26.6. The van der Waals surface area contributed by atoms with E-state index in [0.717, 1.165) is 44.2 Å². The van der Waals surface area contributed by atoms with Gasteiger partial charge in [-0.05, 0) is 43.5 Å². The van der Waals surface area contributed by atoms with Crippen molar-refractivity contribution in [3.8, 4) is 0 Å². The third-order valence-corrected chi connectivity index (χ3v) is 7.67. The smallest absolute Gasteiger partial charge is 0.392 e. The molecule has 8 nitrogen and oxygen atoms in total. The van der Waals surface area contributed by atoms with Crippen LogP contribution in [0.4, 0.5) is 30.6 Å². The molecular weight excluding hydrogens is 521 g/mol. The van der Waals surface area contributed by atoms with Gasteiger partial charge in [0.2, 0.25) is 11.9 Å². The van der Waals surface area contributed by atoms with Gasteiger partial charge in [0, 0.05) is 37.8 Å². The molecule has 0 radical (unpaired) electrons. The summed E-state index contributed by atoms with van der Waals surface area (Å²) < 4.78 is 41.1. The van der Waals surface area contributed by atoms with Crippen LogP contribution in [0.5, 0.6) is 0 Å². The third-order valence-electron chi connectivity index (χ3n) is 7.40. The van der Waals surface area contributed by atoms with E-state index >= 15 is 0 Å². The van der Waals surface area contributed by atoms with Gasteiger partial charge < -0.3 is 25.2 Å². The molecule has 3 aromatic rings. The van der Waals surface area contributed by atoms with Gasteiger partial charge in [-0.3, -0.25) is 4.79 Å². The van der Waals surface area contributed by atoms with Crippen LogP contribution in [-0.2, 0) is 17.6 Å². The standard InChI is InChI=1S/C26H30ClF3N6O2/c1-15-13-35(23-19(27)9-16(14-37)12-31-23)7-8-36(15)25-33-21-11-18(26(28,29)30)10-20(22(21)34-25)32-24(38)17-5-3-2-4-6-17/h9-12,15,17,37H,2-8,13-14H2,1H3,(H,32,38)(H,33,34). The molecule has 1 aliphatic heterocycles.